The third-order valence-corrected chi connectivity index (χ3v) is 1.79. The summed E-state index contributed by atoms with van der Waals surface area (Å²) in [7, 11) is 1.42. The van der Waals surface area contributed by atoms with Gasteiger partial charge in [0.15, 0.2) is 0 Å². The summed E-state index contributed by atoms with van der Waals surface area (Å²) in [6, 6.07) is 0. The van der Waals surface area contributed by atoms with E-state index in [-0.39, 0.29) is 18.4 Å². The lowest BCUT2D eigenvalue weighted by Crippen LogP contribution is -2.45. The number of piperazine rings is 1. The Morgan fingerprint density at radius 2 is 2.08 bits per heavy atom. The fourth-order valence-corrected chi connectivity index (χ4v) is 1.12. The maximum atomic E-state index is 10.8. The molecule has 0 atom stereocenters. The zero-order valence-electron chi connectivity index (χ0n) is 7.21. The smallest absolute Gasteiger partial charge is 0.319 e. The van der Waals surface area contributed by atoms with E-state index < -0.39 is 0 Å². The molecule has 4 nitrogen and oxygen atoms in total. The third-order valence-electron chi connectivity index (χ3n) is 1.79. The van der Waals surface area contributed by atoms with E-state index in [9.17, 15) is 4.79 Å². The van der Waals surface area contributed by atoms with Crippen LogP contribution in [0.4, 0.5) is 0 Å². The first-order valence-electron chi connectivity index (χ1n) is 3.83. The van der Waals surface area contributed by atoms with Crippen LogP contribution in [-0.2, 0) is 9.53 Å². The molecule has 0 aromatic heterocycles. The summed E-state index contributed by atoms with van der Waals surface area (Å²) >= 11 is 0. The van der Waals surface area contributed by atoms with Crippen LogP contribution in [0.25, 0.3) is 0 Å². The summed E-state index contributed by atoms with van der Waals surface area (Å²) in [4.78, 5) is 12.9. The summed E-state index contributed by atoms with van der Waals surface area (Å²) in [5.74, 6) is -0.146. The first-order chi connectivity index (χ1) is 5.33. The Kier molecular flexibility index (Phi) is 6.06. The highest BCUT2D eigenvalue weighted by Crippen LogP contribution is 1.91. The molecule has 12 heavy (non-hydrogen) atoms. The SMILES string of the molecule is COC(=O)CN1CCNCC1.Cl. The maximum Gasteiger partial charge on any atom is 0.319 e. The molecule has 0 aliphatic carbocycles. The standard InChI is InChI=1S/C7H14N2O2.ClH/c1-11-7(10)6-9-4-2-8-3-5-9;/h8H,2-6H2,1H3;1H. The number of carbonyl (C=O) groups excluding carboxylic acids is 1. The molecule has 1 aliphatic rings. The highest BCUT2D eigenvalue weighted by molar-refractivity contribution is 5.85. The molecule has 5 heteroatoms. The van der Waals surface area contributed by atoms with E-state index in [0.29, 0.717) is 6.54 Å². The van der Waals surface area contributed by atoms with E-state index >= 15 is 0 Å². The van der Waals surface area contributed by atoms with Crippen LogP contribution in [0, 0.1) is 0 Å². The number of rotatable bonds is 2. The largest absolute Gasteiger partial charge is 0.468 e. The topological polar surface area (TPSA) is 41.6 Å². The lowest BCUT2D eigenvalue weighted by Gasteiger charge is -2.25. The van der Waals surface area contributed by atoms with Gasteiger partial charge in [-0.2, -0.15) is 0 Å². The maximum absolute atomic E-state index is 10.8. The van der Waals surface area contributed by atoms with Crippen molar-refractivity contribution < 1.29 is 9.53 Å². The van der Waals surface area contributed by atoms with Gasteiger partial charge in [-0.1, -0.05) is 0 Å². The van der Waals surface area contributed by atoms with Gasteiger partial charge >= 0.3 is 5.97 Å². The first kappa shape index (κ1) is 11.7. The van der Waals surface area contributed by atoms with Crippen LogP contribution in [0.3, 0.4) is 0 Å². The quantitative estimate of drug-likeness (QED) is 0.602. The highest BCUT2D eigenvalue weighted by atomic mass is 35.5. The molecule has 1 rings (SSSR count). The van der Waals surface area contributed by atoms with Gasteiger partial charge in [-0.15, -0.1) is 12.4 Å². The fraction of sp³-hybridized carbons (Fsp3) is 0.857. The van der Waals surface area contributed by atoms with Crippen LogP contribution in [0.15, 0.2) is 0 Å². The summed E-state index contributed by atoms with van der Waals surface area (Å²) in [6.07, 6.45) is 0. The molecule has 0 saturated carbocycles. The summed E-state index contributed by atoms with van der Waals surface area (Å²) in [6.45, 7) is 4.25. The zero-order valence-corrected chi connectivity index (χ0v) is 8.02. The van der Waals surface area contributed by atoms with Crippen molar-refractivity contribution in [3.8, 4) is 0 Å². The van der Waals surface area contributed by atoms with Crippen LogP contribution < -0.4 is 5.32 Å². The van der Waals surface area contributed by atoms with Crippen molar-refractivity contribution in [1.29, 1.82) is 0 Å². The summed E-state index contributed by atoms with van der Waals surface area (Å²) < 4.78 is 4.55. The summed E-state index contributed by atoms with van der Waals surface area (Å²) in [5, 5.41) is 3.21. The molecular weight excluding hydrogens is 180 g/mol. The number of halogens is 1. The predicted octanol–water partition coefficient (Wildman–Crippen LogP) is -0.514. The molecular formula is C7H15ClN2O2. The second-order valence-corrected chi connectivity index (χ2v) is 2.60. The van der Waals surface area contributed by atoms with Crippen molar-refractivity contribution in [3.05, 3.63) is 0 Å². The number of carbonyl (C=O) groups is 1. The van der Waals surface area contributed by atoms with Gasteiger partial charge in [0, 0.05) is 26.2 Å². The number of hydrogen-bond acceptors (Lipinski definition) is 4. The van der Waals surface area contributed by atoms with Crippen LogP contribution in [0.2, 0.25) is 0 Å². The number of esters is 1. The highest BCUT2D eigenvalue weighted by Gasteiger charge is 2.12. The van der Waals surface area contributed by atoms with Crippen molar-refractivity contribution in [2.45, 2.75) is 0 Å². The van der Waals surface area contributed by atoms with Crippen molar-refractivity contribution >= 4 is 18.4 Å². The van der Waals surface area contributed by atoms with Gasteiger partial charge in [0.05, 0.1) is 13.7 Å². The average Bonchev–Trinajstić information content (AvgIpc) is 2.06. The predicted molar refractivity (Wildman–Crippen MR) is 48.6 cm³/mol. The van der Waals surface area contributed by atoms with Gasteiger partial charge in [-0.3, -0.25) is 9.69 Å². The Bertz CT molecular complexity index is 137. The van der Waals surface area contributed by atoms with Crippen LogP contribution >= 0.6 is 12.4 Å². The van der Waals surface area contributed by atoms with Gasteiger partial charge < -0.3 is 10.1 Å². The molecule has 0 aromatic rings. The third kappa shape index (κ3) is 3.90. The summed E-state index contributed by atoms with van der Waals surface area (Å²) in [5.41, 5.74) is 0. The van der Waals surface area contributed by atoms with Gasteiger partial charge in [0.1, 0.15) is 0 Å². The molecule has 0 radical (unpaired) electrons. The number of nitrogens with one attached hydrogen (secondary N) is 1. The molecule has 1 N–H and O–H groups in total. The van der Waals surface area contributed by atoms with E-state index in [2.05, 4.69) is 15.0 Å². The van der Waals surface area contributed by atoms with Crippen molar-refractivity contribution in [1.82, 2.24) is 10.2 Å². The van der Waals surface area contributed by atoms with Crippen LogP contribution in [-0.4, -0.2) is 50.7 Å². The molecule has 1 fully saturated rings. The molecule has 0 amide bonds. The lowest BCUT2D eigenvalue weighted by molar-refractivity contribution is -0.142. The Hall–Kier alpha value is -0.320. The van der Waals surface area contributed by atoms with Gasteiger partial charge in [-0.05, 0) is 0 Å². The lowest BCUT2D eigenvalue weighted by atomic mass is 10.3. The Morgan fingerprint density at radius 3 is 2.58 bits per heavy atom. The molecule has 0 spiro atoms. The second-order valence-electron chi connectivity index (χ2n) is 2.60. The zero-order chi connectivity index (χ0) is 8.10. The van der Waals surface area contributed by atoms with Crippen molar-refractivity contribution in [2.75, 3.05) is 39.8 Å². The molecule has 1 saturated heterocycles. The van der Waals surface area contributed by atoms with Crippen molar-refractivity contribution in [2.24, 2.45) is 0 Å². The number of methoxy groups -OCH3 is 1. The van der Waals surface area contributed by atoms with E-state index in [1.165, 1.54) is 7.11 Å². The van der Waals surface area contributed by atoms with E-state index in [4.69, 9.17) is 0 Å². The van der Waals surface area contributed by atoms with Crippen LogP contribution in [0.5, 0.6) is 0 Å². The van der Waals surface area contributed by atoms with E-state index in [1.54, 1.807) is 0 Å². The Morgan fingerprint density at radius 1 is 1.50 bits per heavy atom. The van der Waals surface area contributed by atoms with Gasteiger partial charge in [0.25, 0.3) is 0 Å². The van der Waals surface area contributed by atoms with E-state index in [0.717, 1.165) is 26.2 Å². The Balaban J connectivity index is 0.00000121. The Labute approximate surface area is 78.7 Å². The fourth-order valence-electron chi connectivity index (χ4n) is 1.12. The first-order valence-corrected chi connectivity index (χ1v) is 3.83. The molecule has 0 unspecified atom stereocenters. The van der Waals surface area contributed by atoms with Crippen molar-refractivity contribution in [3.63, 3.8) is 0 Å². The molecule has 0 aromatic carbocycles. The average molecular weight is 195 g/mol. The minimum Gasteiger partial charge on any atom is -0.468 e. The number of hydrogen-bond donors (Lipinski definition) is 1. The molecule has 1 heterocycles. The minimum atomic E-state index is -0.146. The second kappa shape index (κ2) is 6.22. The number of ether oxygens (including phenoxy) is 1. The monoisotopic (exact) mass is 194 g/mol. The molecule has 0 bridgehead atoms. The number of nitrogens with zero attached hydrogens (tertiary/aromatic N) is 1. The minimum absolute atomic E-state index is 0. The van der Waals surface area contributed by atoms with Gasteiger partial charge in [0.2, 0.25) is 0 Å². The normalized spacial score (nSPS) is 18.1. The van der Waals surface area contributed by atoms with E-state index in [1.807, 2.05) is 0 Å². The molecule has 72 valence electrons. The van der Waals surface area contributed by atoms with Crippen LogP contribution in [0.1, 0.15) is 0 Å². The molecule has 1 aliphatic heterocycles. The van der Waals surface area contributed by atoms with Gasteiger partial charge in [-0.25, -0.2) is 0 Å².